The lowest BCUT2D eigenvalue weighted by Gasteiger charge is -2.12. The second kappa shape index (κ2) is 7.47. The summed E-state index contributed by atoms with van der Waals surface area (Å²) in [6.07, 6.45) is 0. The average Bonchev–Trinajstić information content (AvgIpc) is 3.33. The van der Waals surface area contributed by atoms with Crippen LogP contribution in [-0.4, -0.2) is 42.7 Å². The molecule has 4 rings (SSSR count). The van der Waals surface area contributed by atoms with E-state index in [1.54, 1.807) is 19.2 Å². The van der Waals surface area contributed by atoms with Gasteiger partial charge in [-0.2, -0.15) is 4.80 Å². The van der Waals surface area contributed by atoms with Crippen molar-refractivity contribution in [1.82, 2.24) is 35.5 Å². The number of carbonyl (C=O) groups is 1. The highest BCUT2D eigenvalue weighted by Gasteiger charge is 2.14. The molecule has 9 nitrogen and oxygen atoms in total. The molecule has 9 heteroatoms. The van der Waals surface area contributed by atoms with E-state index in [2.05, 4.69) is 30.7 Å². The summed E-state index contributed by atoms with van der Waals surface area (Å²) in [5.41, 5.74) is 2.63. The number of H-pyrrole nitrogens is 1. The molecule has 0 spiro atoms. The standard InChI is InChI=1S/C19H19N7O2/c1-12(18-21-15-5-3-4-6-16(15)22-18)20-17(27)11-28-14-9-7-13(8-10-14)19-23-25-26(2)24-19/h3-10,12H,11H2,1-2H3,(H,20,27)(H,21,22)/t12-/m1/s1. The molecule has 1 atom stereocenters. The zero-order valence-electron chi connectivity index (χ0n) is 15.5. The molecule has 0 aliphatic heterocycles. The van der Waals surface area contributed by atoms with Gasteiger partial charge in [-0.15, -0.1) is 10.2 Å². The van der Waals surface area contributed by atoms with Gasteiger partial charge in [0.1, 0.15) is 11.6 Å². The van der Waals surface area contributed by atoms with Crippen molar-refractivity contribution in [3.05, 3.63) is 54.4 Å². The van der Waals surface area contributed by atoms with Crippen LogP contribution in [0.2, 0.25) is 0 Å². The summed E-state index contributed by atoms with van der Waals surface area (Å²) in [4.78, 5) is 21.3. The maximum absolute atomic E-state index is 12.2. The Morgan fingerprint density at radius 3 is 2.71 bits per heavy atom. The van der Waals surface area contributed by atoms with E-state index < -0.39 is 0 Å². The minimum absolute atomic E-state index is 0.0900. The van der Waals surface area contributed by atoms with E-state index in [1.807, 2.05) is 43.3 Å². The Kier molecular flexibility index (Phi) is 4.71. The average molecular weight is 377 g/mol. The van der Waals surface area contributed by atoms with Gasteiger partial charge in [-0.3, -0.25) is 4.79 Å². The summed E-state index contributed by atoms with van der Waals surface area (Å²) >= 11 is 0. The number of imidazole rings is 1. The Bertz CT molecular complexity index is 1070. The van der Waals surface area contributed by atoms with Crippen molar-refractivity contribution in [2.75, 3.05) is 6.61 Å². The van der Waals surface area contributed by atoms with Crippen LogP contribution in [0.25, 0.3) is 22.4 Å². The topological polar surface area (TPSA) is 111 Å². The molecule has 0 aliphatic carbocycles. The molecule has 0 unspecified atom stereocenters. The number of fused-ring (bicyclic) bond motifs is 1. The van der Waals surface area contributed by atoms with Gasteiger partial charge in [-0.1, -0.05) is 12.1 Å². The number of rotatable bonds is 6. The van der Waals surface area contributed by atoms with Crippen molar-refractivity contribution in [2.24, 2.45) is 7.05 Å². The van der Waals surface area contributed by atoms with Crippen LogP contribution in [0.1, 0.15) is 18.8 Å². The number of para-hydroxylation sites is 2. The van der Waals surface area contributed by atoms with Crippen molar-refractivity contribution < 1.29 is 9.53 Å². The summed E-state index contributed by atoms with van der Waals surface area (Å²) in [6, 6.07) is 14.7. The maximum atomic E-state index is 12.2. The fourth-order valence-corrected chi connectivity index (χ4v) is 2.78. The minimum atomic E-state index is -0.256. The highest BCUT2D eigenvalue weighted by atomic mass is 16.5. The summed E-state index contributed by atoms with van der Waals surface area (Å²) in [6.45, 7) is 1.78. The summed E-state index contributed by atoms with van der Waals surface area (Å²) in [5, 5.41) is 14.8. The second-order valence-electron chi connectivity index (χ2n) is 6.34. The first-order valence-corrected chi connectivity index (χ1v) is 8.80. The number of aromatic amines is 1. The SMILES string of the molecule is C[C@@H](NC(=O)COc1ccc(-c2nnn(C)n2)cc1)c1nc2ccccc2[nH]1. The van der Waals surface area contributed by atoms with E-state index in [4.69, 9.17) is 4.74 Å². The Morgan fingerprint density at radius 2 is 2.00 bits per heavy atom. The Hall–Kier alpha value is -3.75. The van der Waals surface area contributed by atoms with E-state index in [9.17, 15) is 4.79 Å². The number of nitrogens with one attached hydrogen (secondary N) is 2. The molecular formula is C19H19N7O2. The minimum Gasteiger partial charge on any atom is -0.484 e. The lowest BCUT2D eigenvalue weighted by molar-refractivity contribution is -0.123. The van der Waals surface area contributed by atoms with Crippen molar-refractivity contribution in [2.45, 2.75) is 13.0 Å². The number of aryl methyl sites for hydroxylation is 1. The molecule has 142 valence electrons. The van der Waals surface area contributed by atoms with Gasteiger partial charge in [0, 0.05) is 5.56 Å². The van der Waals surface area contributed by atoms with Crippen molar-refractivity contribution in [3.63, 3.8) is 0 Å². The van der Waals surface area contributed by atoms with Crippen LogP contribution in [0.5, 0.6) is 5.75 Å². The molecule has 0 saturated heterocycles. The summed E-state index contributed by atoms with van der Waals surface area (Å²) in [7, 11) is 1.71. The molecule has 0 bridgehead atoms. The molecular weight excluding hydrogens is 358 g/mol. The van der Waals surface area contributed by atoms with Gasteiger partial charge in [0.25, 0.3) is 5.91 Å². The fourth-order valence-electron chi connectivity index (χ4n) is 2.78. The largest absolute Gasteiger partial charge is 0.484 e. The summed E-state index contributed by atoms with van der Waals surface area (Å²) < 4.78 is 5.56. The first-order chi connectivity index (χ1) is 13.6. The molecule has 2 aromatic carbocycles. The third-order valence-corrected chi connectivity index (χ3v) is 4.19. The number of nitrogens with zero attached hydrogens (tertiary/aromatic N) is 5. The maximum Gasteiger partial charge on any atom is 0.258 e. The second-order valence-corrected chi connectivity index (χ2v) is 6.34. The molecule has 0 fully saturated rings. The van der Waals surface area contributed by atoms with Crippen molar-refractivity contribution in [1.29, 1.82) is 0 Å². The molecule has 0 aliphatic rings. The monoisotopic (exact) mass is 377 g/mol. The van der Waals surface area contributed by atoms with Crippen LogP contribution >= 0.6 is 0 Å². The normalized spacial score (nSPS) is 12.1. The van der Waals surface area contributed by atoms with E-state index in [1.165, 1.54) is 4.80 Å². The smallest absolute Gasteiger partial charge is 0.258 e. The molecule has 2 aromatic heterocycles. The van der Waals surface area contributed by atoms with Gasteiger partial charge in [-0.25, -0.2) is 4.98 Å². The predicted molar refractivity (Wildman–Crippen MR) is 102 cm³/mol. The van der Waals surface area contributed by atoms with E-state index in [-0.39, 0.29) is 18.6 Å². The van der Waals surface area contributed by atoms with Gasteiger partial charge >= 0.3 is 0 Å². The van der Waals surface area contributed by atoms with Gasteiger partial charge in [0.15, 0.2) is 6.61 Å². The van der Waals surface area contributed by atoms with E-state index in [0.29, 0.717) is 17.4 Å². The number of hydrogen-bond donors (Lipinski definition) is 2. The van der Waals surface area contributed by atoms with Crippen molar-refractivity contribution >= 4 is 16.9 Å². The Morgan fingerprint density at radius 1 is 1.21 bits per heavy atom. The van der Waals surface area contributed by atoms with Crippen molar-refractivity contribution in [3.8, 4) is 17.1 Å². The van der Waals surface area contributed by atoms with Crippen LogP contribution < -0.4 is 10.1 Å². The van der Waals surface area contributed by atoms with Crippen LogP contribution in [-0.2, 0) is 11.8 Å². The third kappa shape index (κ3) is 3.83. The lowest BCUT2D eigenvalue weighted by Crippen LogP contribution is -2.31. The molecule has 28 heavy (non-hydrogen) atoms. The van der Waals surface area contributed by atoms with Gasteiger partial charge in [0.05, 0.1) is 24.1 Å². The van der Waals surface area contributed by atoms with Crippen LogP contribution in [0.15, 0.2) is 48.5 Å². The van der Waals surface area contributed by atoms with E-state index >= 15 is 0 Å². The number of tetrazole rings is 1. The predicted octanol–water partition coefficient (Wildman–Crippen LogP) is 2.01. The number of hydrogen-bond acceptors (Lipinski definition) is 6. The first kappa shape index (κ1) is 17.7. The van der Waals surface area contributed by atoms with Crippen LogP contribution in [0, 0.1) is 0 Å². The number of aromatic nitrogens is 6. The lowest BCUT2D eigenvalue weighted by atomic mass is 10.2. The number of benzene rings is 2. The number of carbonyl (C=O) groups excluding carboxylic acids is 1. The highest BCUT2D eigenvalue weighted by molar-refractivity contribution is 5.78. The van der Waals surface area contributed by atoms with E-state index in [0.717, 1.165) is 16.6 Å². The molecule has 4 aromatic rings. The quantitative estimate of drug-likeness (QED) is 0.532. The zero-order chi connectivity index (χ0) is 19.5. The third-order valence-electron chi connectivity index (χ3n) is 4.19. The van der Waals surface area contributed by atoms with Gasteiger partial charge in [0.2, 0.25) is 5.82 Å². The molecule has 2 heterocycles. The number of amides is 1. The fraction of sp³-hybridized carbons (Fsp3) is 0.211. The first-order valence-electron chi connectivity index (χ1n) is 8.80. The van der Waals surface area contributed by atoms with Gasteiger partial charge in [-0.05, 0) is 48.5 Å². The van der Waals surface area contributed by atoms with Gasteiger partial charge < -0.3 is 15.0 Å². The molecule has 2 N–H and O–H groups in total. The molecule has 0 saturated carbocycles. The Balaban J connectivity index is 1.32. The molecule has 0 radical (unpaired) electrons. The van der Waals surface area contributed by atoms with Crippen LogP contribution in [0.4, 0.5) is 0 Å². The summed E-state index contributed by atoms with van der Waals surface area (Å²) in [5.74, 6) is 1.59. The number of ether oxygens (including phenoxy) is 1. The highest BCUT2D eigenvalue weighted by Crippen LogP contribution is 2.19. The Labute approximate surface area is 160 Å². The van der Waals surface area contributed by atoms with Crippen LogP contribution in [0.3, 0.4) is 0 Å². The molecule has 1 amide bonds. The zero-order valence-corrected chi connectivity index (χ0v) is 15.5.